The summed E-state index contributed by atoms with van der Waals surface area (Å²) in [5.74, 6) is -0.125. The first kappa shape index (κ1) is 23.9. The van der Waals surface area contributed by atoms with E-state index in [1.54, 1.807) is 39.1 Å². The third-order valence-electron chi connectivity index (χ3n) is 5.70. The zero-order valence-corrected chi connectivity index (χ0v) is 20.4. The average molecular weight is 484 g/mol. The molecule has 4 rings (SSSR count). The molecule has 1 saturated heterocycles. The summed E-state index contributed by atoms with van der Waals surface area (Å²) in [4.78, 5) is 37.7. The van der Waals surface area contributed by atoms with E-state index in [0.29, 0.717) is 37.6 Å². The first-order valence-corrected chi connectivity index (χ1v) is 11.8. The Morgan fingerprint density at radius 3 is 2.50 bits per heavy atom. The summed E-state index contributed by atoms with van der Waals surface area (Å²) >= 11 is 6.01. The van der Waals surface area contributed by atoms with Crippen LogP contribution in [0, 0.1) is 0 Å². The van der Waals surface area contributed by atoms with Crippen molar-refractivity contribution in [3.8, 4) is 0 Å². The molecule has 1 atom stereocenters. The highest BCUT2D eigenvalue weighted by Crippen LogP contribution is 2.25. The Morgan fingerprint density at radius 1 is 1.12 bits per heavy atom. The molecule has 9 heteroatoms. The molecule has 1 aromatic carbocycles. The topological polar surface area (TPSA) is 90.6 Å². The van der Waals surface area contributed by atoms with E-state index in [1.165, 1.54) is 0 Å². The number of amides is 2. The van der Waals surface area contributed by atoms with Crippen molar-refractivity contribution in [1.29, 1.82) is 0 Å². The summed E-state index contributed by atoms with van der Waals surface area (Å²) in [5.41, 5.74) is 3.24. The molecule has 2 amide bonds. The van der Waals surface area contributed by atoms with Gasteiger partial charge in [0.15, 0.2) is 0 Å². The van der Waals surface area contributed by atoms with Gasteiger partial charge in [0.2, 0.25) is 5.91 Å². The number of piperazine rings is 1. The van der Waals surface area contributed by atoms with Crippen molar-refractivity contribution in [2.24, 2.45) is 0 Å². The Hall–Kier alpha value is -3.26. The summed E-state index contributed by atoms with van der Waals surface area (Å²) in [6.07, 6.45) is 3.42. The van der Waals surface area contributed by atoms with Crippen LogP contribution in [0.4, 0.5) is 10.5 Å². The van der Waals surface area contributed by atoms with Crippen LogP contribution in [0.2, 0.25) is 5.02 Å². The van der Waals surface area contributed by atoms with Gasteiger partial charge in [-0.15, -0.1) is 0 Å². The molecular weight excluding hydrogens is 454 g/mol. The van der Waals surface area contributed by atoms with Gasteiger partial charge >= 0.3 is 6.09 Å². The minimum atomic E-state index is -0.737. The molecule has 0 aliphatic carbocycles. The molecule has 1 aliphatic heterocycles. The van der Waals surface area contributed by atoms with Crippen molar-refractivity contribution >= 4 is 40.3 Å². The highest BCUT2D eigenvalue weighted by molar-refractivity contribution is 6.30. The minimum Gasteiger partial charge on any atom is -0.444 e. The maximum atomic E-state index is 13.5. The molecule has 34 heavy (non-hydrogen) atoms. The maximum absolute atomic E-state index is 13.5. The molecule has 0 spiro atoms. The molecule has 2 N–H and O–H groups in total. The monoisotopic (exact) mass is 483 g/mol. The molecule has 1 unspecified atom stereocenters. The first-order chi connectivity index (χ1) is 16.2. The number of benzene rings is 1. The lowest BCUT2D eigenvalue weighted by molar-refractivity contribution is -0.133. The number of aromatic amines is 1. The van der Waals surface area contributed by atoms with Crippen molar-refractivity contribution in [2.75, 3.05) is 31.1 Å². The van der Waals surface area contributed by atoms with Gasteiger partial charge in [-0.3, -0.25) is 9.78 Å². The number of fused-ring (bicyclic) bond motifs is 1. The van der Waals surface area contributed by atoms with Crippen molar-refractivity contribution < 1.29 is 14.3 Å². The number of rotatable bonds is 5. The van der Waals surface area contributed by atoms with Gasteiger partial charge in [-0.05, 0) is 50.6 Å². The fourth-order valence-electron chi connectivity index (χ4n) is 4.10. The highest BCUT2D eigenvalue weighted by Gasteiger charge is 2.31. The number of pyridine rings is 1. The van der Waals surface area contributed by atoms with Crippen molar-refractivity contribution in [2.45, 2.75) is 38.8 Å². The summed E-state index contributed by atoms with van der Waals surface area (Å²) in [6.45, 7) is 7.85. The lowest BCUT2D eigenvalue weighted by atomic mass is 10.0. The Balaban J connectivity index is 1.45. The van der Waals surface area contributed by atoms with Gasteiger partial charge in [-0.1, -0.05) is 23.7 Å². The van der Waals surface area contributed by atoms with Crippen LogP contribution in [0.1, 0.15) is 26.3 Å². The van der Waals surface area contributed by atoms with E-state index in [4.69, 9.17) is 16.3 Å². The zero-order chi connectivity index (χ0) is 24.3. The highest BCUT2D eigenvalue weighted by atomic mass is 35.5. The first-order valence-electron chi connectivity index (χ1n) is 11.4. The number of nitrogens with zero attached hydrogens (tertiary/aromatic N) is 3. The van der Waals surface area contributed by atoms with Crippen molar-refractivity contribution in [3.05, 3.63) is 59.4 Å². The number of carbonyl (C=O) groups is 2. The summed E-state index contributed by atoms with van der Waals surface area (Å²) in [5, 5.41) is 3.41. The predicted molar refractivity (Wildman–Crippen MR) is 133 cm³/mol. The van der Waals surface area contributed by atoms with Gasteiger partial charge in [-0.2, -0.15) is 0 Å². The number of hydrogen-bond donors (Lipinski definition) is 2. The maximum Gasteiger partial charge on any atom is 0.408 e. The Labute approximate surface area is 204 Å². The number of carbonyl (C=O) groups excluding carboxylic acids is 2. The summed E-state index contributed by atoms with van der Waals surface area (Å²) < 4.78 is 5.41. The zero-order valence-electron chi connectivity index (χ0n) is 19.7. The van der Waals surface area contributed by atoms with Gasteiger partial charge in [-0.25, -0.2) is 4.79 Å². The molecule has 3 heterocycles. The fraction of sp³-hybridized carbons (Fsp3) is 0.400. The molecule has 0 radical (unpaired) electrons. The Morgan fingerprint density at radius 2 is 1.82 bits per heavy atom. The minimum absolute atomic E-state index is 0.125. The third kappa shape index (κ3) is 5.80. The lowest BCUT2D eigenvalue weighted by Crippen LogP contribution is -2.56. The van der Waals surface area contributed by atoms with Crippen LogP contribution in [-0.2, 0) is 16.0 Å². The van der Waals surface area contributed by atoms with Crippen molar-refractivity contribution in [1.82, 2.24) is 20.2 Å². The van der Waals surface area contributed by atoms with E-state index in [9.17, 15) is 9.59 Å². The molecule has 3 aromatic rings. The van der Waals surface area contributed by atoms with E-state index in [2.05, 4.69) is 20.2 Å². The predicted octanol–water partition coefficient (Wildman–Crippen LogP) is 4.00. The van der Waals surface area contributed by atoms with Gasteiger partial charge in [0.1, 0.15) is 11.6 Å². The molecular formula is C25H30ClN5O3. The molecule has 180 valence electrons. The number of alkyl carbamates (subject to hydrolysis) is 1. The fourth-order valence-corrected chi connectivity index (χ4v) is 4.23. The Kier molecular flexibility index (Phi) is 6.97. The SMILES string of the molecule is CC(C)(C)OC(=O)NC(Cc1ccc(Cl)cc1)C(=O)N1CCN(c2ccnc3cc[nH]c23)CC1. The third-order valence-corrected chi connectivity index (χ3v) is 5.95. The van der Waals surface area contributed by atoms with Crippen molar-refractivity contribution in [3.63, 3.8) is 0 Å². The molecule has 1 fully saturated rings. The van der Waals surface area contributed by atoms with Crippen LogP contribution in [0.3, 0.4) is 0 Å². The van der Waals surface area contributed by atoms with Crippen LogP contribution >= 0.6 is 11.6 Å². The van der Waals surface area contributed by atoms with Crippen LogP contribution in [0.5, 0.6) is 0 Å². The van der Waals surface area contributed by atoms with Crippen LogP contribution in [0.25, 0.3) is 11.0 Å². The largest absolute Gasteiger partial charge is 0.444 e. The van der Waals surface area contributed by atoms with E-state index < -0.39 is 17.7 Å². The number of anilines is 1. The normalized spacial score (nSPS) is 15.3. The van der Waals surface area contributed by atoms with Gasteiger partial charge in [0.05, 0.1) is 16.7 Å². The number of H-pyrrole nitrogens is 1. The second kappa shape index (κ2) is 9.93. The van der Waals surface area contributed by atoms with Crippen LogP contribution in [0.15, 0.2) is 48.8 Å². The van der Waals surface area contributed by atoms with Crippen LogP contribution in [-0.4, -0.2) is 64.7 Å². The standard InChI is InChI=1S/C25H30ClN5O3/c1-25(2,3)34-24(33)29-20(16-17-4-6-18(26)7-5-17)23(32)31-14-12-30(13-15-31)21-9-11-27-19-8-10-28-22(19)21/h4-11,20,28H,12-16H2,1-3H3,(H,29,33). The molecule has 8 nitrogen and oxygen atoms in total. The number of halogens is 1. The summed E-state index contributed by atoms with van der Waals surface area (Å²) in [7, 11) is 0. The number of hydrogen-bond acceptors (Lipinski definition) is 5. The average Bonchev–Trinajstić information content (AvgIpc) is 3.27. The second-order valence-corrected chi connectivity index (χ2v) is 9.85. The molecule has 0 saturated carbocycles. The van der Waals surface area contributed by atoms with E-state index in [-0.39, 0.29) is 5.91 Å². The van der Waals surface area contributed by atoms with Gasteiger partial charge in [0.25, 0.3) is 0 Å². The van der Waals surface area contributed by atoms with E-state index >= 15 is 0 Å². The Bertz CT molecular complexity index is 1150. The van der Waals surface area contributed by atoms with Gasteiger partial charge < -0.3 is 24.8 Å². The number of ether oxygens (including phenoxy) is 1. The molecule has 2 aromatic heterocycles. The lowest BCUT2D eigenvalue weighted by Gasteiger charge is -2.38. The van der Waals surface area contributed by atoms with Crippen LogP contribution < -0.4 is 10.2 Å². The molecule has 1 aliphatic rings. The quantitative estimate of drug-likeness (QED) is 0.572. The van der Waals surface area contributed by atoms with Gasteiger partial charge in [0, 0.05) is 50.0 Å². The van der Waals surface area contributed by atoms with E-state index in [0.717, 1.165) is 22.3 Å². The number of nitrogens with one attached hydrogen (secondary N) is 2. The number of aromatic nitrogens is 2. The smallest absolute Gasteiger partial charge is 0.408 e. The molecule has 0 bridgehead atoms. The second-order valence-electron chi connectivity index (χ2n) is 9.41. The van der Waals surface area contributed by atoms with E-state index in [1.807, 2.05) is 35.4 Å². The summed E-state index contributed by atoms with van der Waals surface area (Å²) in [6, 6.07) is 10.5.